The van der Waals surface area contributed by atoms with Gasteiger partial charge in [0, 0.05) is 25.8 Å². The van der Waals surface area contributed by atoms with E-state index in [1.54, 1.807) is 6.33 Å². The highest BCUT2D eigenvalue weighted by molar-refractivity contribution is 5.87. The molecule has 5 rings (SSSR count). The predicted octanol–water partition coefficient (Wildman–Crippen LogP) is 4.27. The molecule has 2 aromatic carbocycles. The summed E-state index contributed by atoms with van der Waals surface area (Å²) in [5.74, 6) is 0.871. The molecule has 0 radical (unpaired) electrons. The van der Waals surface area contributed by atoms with Crippen LogP contribution >= 0.6 is 0 Å². The summed E-state index contributed by atoms with van der Waals surface area (Å²) < 4.78 is 1.85. The number of hydrogen-bond acceptors (Lipinski definition) is 5. The number of piperidine rings is 1. The highest BCUT2D eigenvalue weighted by atomic mass is 16.1. The molecule has 1 N–H and O–H groups in total. The minimum Gasteiger partial charge on any atom is -0.355 e. The van der Waals surface area contributed by atoms with Crippen LogP contribution in [0.2, 0.25) is 0 Å². The fourth-order valence-corrected chi connectivity index (χ4v) is 4.54. The Hall–Kier alpha value is -3.74. The van der Waals surface area contributed by atoms with Crippen molar-refractivity contribution in [2.45, 2.75) is 40.2 Å². The minimum absolute atomic E-state index is 0.0718. The van der Waals surface area contributed by atoms with Crippen LogP contribution in [-0.4, -0.2) is 38.7 Å². The van der Waals surface area contributed by atoms with Gasteiger partial charge in [0.25, 0.3) is 0 Å². The fraction of sp³-hybridized carbons (Fsp3) is 0.333. The second kappa shape index (κ2) is 9.25. The lowest BCUT2D eigenvalue weighted by Gasteiger charge is -2.33. The van der Waals surface area contributed by atoms with Gasteiger partial charge in [-0.2, -0.15) is 0 Å². The fourth-order valence-electron chi connectivity index (χ4n) is 4.54. The summed E-state index contributed by atoms with van der Waals surface area (Å²) in [6.07, 6.45) is 5.37. The van der Waals surface area contributed by atoms with E-state index in [0.717, 1.165) is 41.8 Å². The van der Waals surface area contributed by atoms with Gasteiger partial charge in [-0.15, -0.1) is 5.10 Å². The number of anilines is 1. The van der Waals surface area contributed by atoms with Crippen molar-refractivity contribution in [3.05, 3.63) is 77.2 Å². The molecule has 0 saturated carbocycles. The van der Waals surface area contributed by atoms with Crippen molar-refractivity contribution in [3.63, 3.8) is 0 Å². The van der Waals surface area contributed by atoms with Crippen molar-refractivity contribution in [2.24, 2.45) is 5.92 Å². The zero-order chi connectivity index (χ0) is 23.7. The average Bonchev–Trinajstić information content (AvgIpc) is 3.29. The molecule has 1 unspecified atom stereocenters. The van der Waals surface area contributed by atoms with Crippen LogP contribution in [0.4, 0.5) is 5.82 Å². The first kappa shape index (κ1) is 22.1. The van der Waals surface area contributed by atoms with Gasteiger partial charge in [0.05, 0.1) is 17.0 Å². The van der Waals surface area contributed by atoms with Crippen LogP contribution in [0.1, 0.15) is 35.1 Å². The number of amides is 1. The maximum atomic E-state index is 13.0. The first-order valence-electron chi connectivity index (χ1n) is 11.8. The summed E-state index contributed by atoms with van der Waals surface area (Å²) >= 11 is 0. The van der Waals surface area contributed by atoms with E-state index in [1.807, 2.05) is 23.0 Å². The smallest absolute Gasteiger partial charge is 0.225 e. The molecule has 7 nitrogen and oxygen atoms in total. The molecule has 0 bridgehead atoms. The third kappa shape index (κ3) is 4.51. The van der Waals surface area contributed by atoms with Crippen LogP contribution in [0, 0.1) is 26.7 Å². The van der Waals surface area contributed by atoms with Gasteiger partial charge in [-0.05, 0) is 62.4 Å². The van der Waals surface area contributed by atoms with E-state index in [1.165, 1.54) is 16.7 Å². The Morgan fingerprint density at radius 3 is 2.68 bits per heavy atom. The number of nitrogens with one attached hydrogen (secondary N) is 1. The van der Waals surface area contributed by atoms with Gasteiger partial charge in [-0.3, -0.25) is 4.79 Å². The molecule has 0 spiro atoms. The lowest BCUT2D eigenvalue weighted by atomic mass is 9.96. The monoisotopic (exact) mass is 454 g/mol. The Kier molecular flexibility index (Phi) is 6.01. The first-order valence-corrected chi connectivity index (χ1v) is 11.8. The van der Waals surface area contributed by atoms with Crippen LogP contribution in [-0.2, 0) is 11.3 Å². The van der Waals surface area contributed by atoms with Crippen molar-refractivity contribution < 1.29 is 4.79 Å². The second-order valence-corrected chi connectivity index (χ2v) is 9.27. The third-order valence-corrected chi connectivity index (χ3v) is 6.72. The number of fused-ring (bicyclic) bond motifs is 1. The van der Waals surface area contributed by atoms with Gasteiger partial charge >= 0.3 is 0 Å². The van der Waals surface area contributed by atoms with Crippen LogP contribution in [0.3, 0.4) is 0 Å². The zero-order valence-corrected chi connectivity index (χ0v) is 20.0. The molecule has 1 aliphatic heterocycles. The van der Waals surface area contributed by atoms with Crippen LogP contribution in [0.25, 0.3) is 16.7 Å². The number of carbonyl (C=O) groups excluding carboxylic acids is 1. The number of aromatic nitrogens is 4. The molecule has 4 aromatic rings. The molecule has 1 atom stereocenters. The molecular formula is C27H30N6O. The topological polar surface area (TPSA) is 75.9 Å². The van der Waals surface area contributed by atoms with Gasteiger partial charge in [0.15, 0.2) is 5.65 Å². The largest absolute Gasteiger partial charge is 0.355 e. The Morgan fingerprint density at radius 2 is 1.88 bits per heavy atom. The molecule has 7 heteroatoms. The maximum Gasteiger partial charge on any atom is 0.225 e. The van der Waals surface area contributed by atoms with Crippen LogP contribution in [0.5, 0.6) is 0 Å². The van der Waals surface area contributed by atoms with Gasteiger partial charge in [-0.1, -0.05) is 35.9 Å². The van der Waals surface area contributed by atoms with Crippen molar-refractivity contribution in [1.29, 1.82) is 0 Å². The highest BCUT2D eigenvalue weighted by Gasteiger charge is 2.28. The molecule has 34 heavy (non-hydrogen) atoms. The summed E-state index contributed by atoms with van der Waals surface area (Å²) in [5.41, 5.74) is 6.49. The number of benzene rings is 2. The quantitative estimate of drug-likeness (QED) is 0.487. The number of hydrogen-bond donors (Lipinski definition) is 1. The van der Waals surface area contributed by atoms with Crippen LogP contribution < -0.4 is 10.2 Å². The SMILES string of the molecule is Cc1ccc(-n2cc3c(N4CCCC(C(=O)NCc5ccc(C)c(C)c5)C4)ncnc3n2)cc1. The summed E-state index contributed by atoms with van der Waals surface area (Å²) in [6, 6.07) is 14.6. The normalized spacial score (nSPS) is 16.1. The molecule has 3 heterocycles. The molecule has 1 aliphatic rings. The Bertz CT molecular complexity index is 1330. The third-order valence-electron chi connectivity index (χ3n) is 6.72. The summed E-state index contributed by atoms with van der Waals surface area (Å²) in [5, 5.41) is 8.70. The molecule has 174 valence electrons. The van der Waals surface area contributed by atoms with Crippen molar-refractivity contribution in [1.82, 2.24) is 25.1 Å². The lowest BCUT2D eigenvalue weighted by Crippen LogP contribution is -2.43. The molecule has 1 fully saturated rings. The number of rotatable bonds is 5. The van der Waals surface area contributed by atoms with Gasteiger partial charge in [0.1, 0.15) is 12.1 Å². The minimum atomic E-state index is -0.0718. The molecule has 2 aromatic heterocycles. The van der Waals surface area contributed by atoms with Crippen molar-refractivity contribution >= 4 is 22.8 Å². The van der Waals surface area contributed by atoms with Gasteiger partial charge < -0.3 is 10.2 Å². The van der Waals surface area contributed by atoms with E-state index < -0.39 is 0 Å². The molecule has 1 amide bonds. The van der Waals surface area contributed by atoms with Crippen molar-refractivity contribution in [3.8, 4) is 5.69 Å². The average molecular weight is 455 g/mol. The van der Waals surface area contributed by atoms with Gasteiger partial charge in [-0.25, -0.2) is 14.6 Å². The Labute approximate surface area is 199 Å². The number of carbonyl (C=O) groups is 1. The standard InChI is InChI=1S/C27H30N6O/c1-18-6-10-23(11-7-18)33-16-24-25(31-33)29-17-30-26(24)32-12-4-5-22(15-32)27(34)28-14-21-9-8-19(2)20(3)13-21/h6-11,13,16-17,22H,4-5,12,14-15H2,1-3H3,(H,28,34). The van der Waals surface area contributed by atoms with E-state index >= 15 is 0 Å². The first-order chi connectivity index (χ1) is 16.5. The second-order valence-electron chi connectivity index (χ2n) is 9.27. The van der Waals surface area contributed by atoms with E-state index in [-0.39, 0.29) is 11.8 Å². The molecule has 0 aliphatic carbocycles. The zero-order valence-electron chi connectivity index (χ0n) is 20.0. The predicted molar refractivity (Wildman–Crippen MR) is 134 cm³/mol. The Balaban J connectivity index is 1.31. The van der Waals surface area contributed by atoms with Crippen LogP contribution in [0.15, 0.2) is 55.0 Å². The molecule has 1 saturated heterocycles. The lowest BCUT2D eigenvalue weighted by molar-refractivity contribution is -0.125. The summed E-state index contributed by atoms with van der Waals surface area (Å²) in [4.78, 5) is 24.2. The summed E-state index contributed by atoms with van der Waals surface area (Å²) in [7, 11) is 0. The maximum absolute atomic E-state index is 13.0. The summed E-state index contributed by atoms with van der Waals surface area (Å²) in [6.45, 7) is 8.32. The van der Waals surface area contributed by atoms with E-state index in [9.17, 15) is 4.79 Å². The highest BCUT2D eigenvalue weighted by Crippen LogP contribution is 2.28. The number of nitrogens with zero attached hydrogens (tertiary/aromatic N) is 5. The van der Waals surface area contributed by atoms with E-state index in [0.29, 0.717) is 18.7 Å². The van der Waals surface area contributed by atoms with E-state index in [4.69, 9.17) is 0 Å². The number of aryl methyl sites for hydroxylation is 3. The van der Waals surface area contributed by atoms with E-state index in [2.05, 4.69) is 76.4 Å². The van der Waals surface area contributed by atoms with Gasteiger partial charge in [0.2, 0.25) is 5.91 Å². The molecular weight excluding hydrogens is 424 g/mol. The van der Waals surface area contributed by atoms with Crippen molar-refractivity contribution in [2.75, 3.05) is 18.0 Å². The Morgan fingerprint density at radius 1 is 1.06 bits per heavy atom.